The Morgan fingerprint density at radius 3 is 2.62 bits per heavy atom. The molecule has 0 aliphatic heterocycles. The van der Waals surface area contributed by atoms with Crippen LogP contribution in [0.1, 0.15) is 10.5 Å². The third kappa shape index (κ3) is 2.30. The molecule has 68 valence electrons. The van der Waals surface area contributed by atoms with E-state index in [0.717, 1.165) is 12.2 Å². The van der Waals surface area contributed by atoms with E-state index in [4.69, 9.17) is 5.11 Å². The number of aliphatic carboxylic acids is 1. The number of carbonyl (C=O) groups is 2. The normalized spacial score (nSPS) is 10.5. The number of hydrogen-bond donors (Lipinski definition) is 1. The average Bonchev–Trinajstić information content (AvgIpc) is 2.47. The first-order chi connectivity index (χ1) is 6.11. The van der Waals surface area contributed by atoms with Gasteiger partial charge in [-0.25, -0.2) is 4.79 Å². The smallest absolute Gasteiger partial charge is 0.328 e. The summed E-state index contributed by atoms with van der Waals surface area (Å²) in [6, 6.07) is 3.36. The molecular weight excluding hydrogens is 170 g/mol. The first kappa shape index (κ1) is 9.25. The molecule has 0 amide bonds. The molecule has 1 heterocycles. The lowest BCUT2D eigenvalue weighted by Gasteiger charge is -1.96. The molecule has 1 aromatic rings. The molecule has 0 atom stereocenters. The number of aromatic nitrogens is 1. The number of aryl methyl sites for hydroxylation is 1. The zero-order valence-electron chi connectivity index (χ0n) is 7.10. The zero-order valence-corrected chi connectivity index (χ0v) is 7.10. The monoisotopic (exact) mass is 179 g/mol. The van der Waals surface area contributed by atoms with Crippen molar-refractivity contribution in [1.82, 2.24) is 4.57 Å². The van der Waals surface area contributed by atoms with Crippen LogP contribution in [0.3, 0.4) is 0 Å². The minimum absolute atomic E-state index is 0.310. The molecule has 0 saturated heterocycles. The van der Waals surface area contributed by atoms with Gasteiger partial charge in [0.2, 0.25) is 5.78 Å². The SMILES string of the molecule is Cn1cccc1C(=O)/C=C/C(=O)O. The fourth-order valence-electron chi connectivity index (χ4n) is 0.949. The second-order valence-electron chi connectivity index (χ2n) is 2.54. The minimum Gasteiger partial charge on any atom is -0.478 e. The quantitative estimate of drug-likeness (QED) is 0.552. The van der Waals surface area contributed by atoms with E-state index in [-0.39, 0.29) is 5.78 Å². The number of hydrogen-bond acceptors (Lipinski definition) is 2. The molecule has 1 N–H and O–H groups in total. The molecule has 13 heavy (non-hydrogen) atoms. The van der Waals surface area contributed by atoms with Gasteiger partial charge in [-0.1, -0.05) is 0 Å². The van der Waals surface area contributed by atoms with Gasteiger partial charge >= 0.3 is 5.97 Å². The number of nitrogens with zero attached hydrogens (tertiary/aromatic N) is 1. The molecule has 1 rings (SSSR count). The molecule has 0 aromatic carbocycles. The Morgan fingerprint density at radius 1 is 1.46 bits per heavy atom. The molecule has 0 aliphatic carbocycles. The van der Waals surface area contributed by atoms with E-state index < -0.39 is 5.97 Å². The van der Waals surface area contributed by atoms with Crippen LogP contribution >= 0.6 is 0 Å². The Balaban J connectivity index is 2.81. The van der Waals surface area contributed by atoms with Crippen LogP contribution in [0, 0.1) is 0 Å². The third-order valence-electron chi connectivity index (χ3n) is 1.57. The van der Waals surface area contributed by atoms with Gasteiger partial charge in [0.25, 0.3) is 0 Å². The van der Waals surface area contributed by atoms with Crippen LogP contribution < -0.4 is 0 Å². The summed E-state index contributed by atoms with van der Waals surface area (Å²) in [4.78, 5) is 21.4. The highest BCUT2D eigenvalue weighted by Gasteiger charge is 2.04. The van der Waals surface area contributed by atoms with E-state index in [9.17, 15) is 9.59 Å². The van der Waals surface area contributed by atoms with Gasteiger partial charge in [0, 0.05) is 19.3 Å². The molecular formula is C9H9NO3. The predicted molar refractivity (Wildman–Crippen MR) is 46.5 cm³/mol. The van der Waals surface area contributed by atoms with Gasteiger partial charge in [-0.2, -0.15) is 0 Å². The Labute approximate surface area is 75.1 Å². The van der Waals surface area contributed by atoms with E-state index in [1.165, 1.54) is 0 Å². The van der Waals surface area contributed by atoms with Crippen LogP contribution in [-0.2, 0) is 11.8 Å². The second kappa shape index (κ2) is 3.71. The molecule has 0 saturated carbocycles. The molecule has 0 spiro atoms. The Hall–Kier alpha value is -1.84. The molecule has 0 unspecified atom stereocenters. The van der Waals surface area contributed by atoms with Gasteiger partial charge in [-0.05, 0) is 18.2 Å². The predicted octanol–water partition coefficient (Wildman–Crippen LogP) is 0.849. The van der Waals surface area contributed by atoms with Gasteiger partial charge in [0.05, 0.1) is 5.69 Å². The van der Waals surface area contributed by atoms with Gasteiger partial charge in [-0.15, -0.1) is 0 Å². The molecule has 1 aromatic heterocycles. The Bertz CT molecular complexity index is 363. The minimum atomic E-state index is -1.12. The van der Waals surface area contributed by atoms with Gasteiger partial charge in [-0.3, -0.25) is 4.79 Å². The second-order valence-corrected chi connectivity index (χ2v) is 2.54. The highest BCUT2D eigenvalue weighted by atomic mass is 16.4. The van der Waals surface area contributed by atoms with E-state index in [1.807, 2.05) is 0 Å². The van der Waals surface area contributed by atoms with E-state index in [2.05, 4.69) is 0 Å². The summed E-state index contributed by atoms with van der Waals surface area (Å²) in [6.07, 6.45) is 3.59. The summed E-state index contributed by atoms with van der Waals surface area (Å²) in [6.45, 7) is 0. The average molecular weight is 179 g/mol. The van der Waals surface area contributed by atoms with Crippen molar-refractivity contribution in [2.45, 2.75) is 0 Å². The van der Waals surface area contributed by atoms with Crippen LogP contribution in [0.4, 0.5) is 0 Å². The van der Waals surface area contributed by atoms with Crippen molar-refractivity contribution in [3.63, 3.8) is 0 Å². The maximum Gasteiger partial charge on any atom is 0.328 e. The van der Waals surface area contributed by atoms with Gasteiger partial charge in [0.15, 0.2) is 0 Å². The summed E-state index contributed by atoms with van der Waals surface area (Å²) < 4.78 is 1.63. The van der Waals surface area contributed by atoms with Gasteiger partial charge < -0.3 is 9.67 Å². The maximum atomic E-state index is 11.3. The summed E-state index contributed by atoms with van der Waals surface area (Å²) in [7, 11) is 1.72. The first-order valence-corrected chi connectivity index (χ1v) is 3.68. The standard InChI is InChI=1S/C9H9NO3/c1-10-6-2-3-7(10)8(11)4-5-9(12)13/h2-6H,1H3,(H,12,13)/b5-4+. The molecule has 0 bridgehead atoms. The first-order valence-electron chi connectivity index (χ1n) is 3.68. The third-order valence-corrected chi connectivity index (χ3v) is 1.57. The van der Waals surface area contributed by atoms with Crippen LogP contribution in [0.15, 0.2) is 30.5 Å². The van der Waals surface area contributed by atoms with Crippen LogP contribution in [-0.4, -0.2) is 21.4 Å². The number of rotatable bonds is 3. The molecule has 0 radical (unpaired) electrons. The summed E-state index contributed by atoms with van der Waals surface area (Å²) in [5, 5.41) is 8.28. The van der Waals surface area contributed by atoms with Crippen molar-refractivity contribution in [3.05, 3.63) is 36.2 Å². The highest BCUT2D eigenvalue weighted by molar-refractivity contribution is 6.05. The fourth-order valence-corrected chi connectivity index (χ4v) is 0.949. The molecule has 4 nitrogen and oxygen atoms in total. The lowest BCUT2D eigenvalue weighted by molar-refractivity contribution is -0.131. The van der Waals surface area contributed by atoms with Crippen LogP contribution in [0.25, 0.3) is 0 Å². The largest absolute Gasteiger partial charge is 0.478 e. The number of carboxylic acid groups (broad SMARTS) is 1. The summed E-state index contributed by atoms with van der Waals surface area (Å²) >= 11 is 0. The summed E-state index contributed by atoms with van der Waals surface area (Å²) in [5.41, 5.74) is 0.470. The maximum absolute atomic E-state index is 11.3. The highest BCUT2D eigenvalue weighted by Crippen LogP contribution is 2.01. The van der Waals surface area contributed by atoms with Crippen molar-refractivity contribution in [2.24, 2.45) is 7.05 Å². The van der Waals surface area contributed by atoms with Gasteiger partial charge in [0.1, 0.15) is 0 Å². The number of ketones is 1. The lowest BCUT2D eigenvalue weighted by Crippen LogP contribution is -2.02. The Kier molecular flexibility index (Phi) is 2.64. The van der Waals surface area contributed by atoms with E-state index in [0.29, 0.717) is 5.69 Å². The lowest BCUT2D eigenvalue weighted by atomic mass is 10.2. The fraction of sp³-hybridized carbons (Fsp3) is 0.111. The van der Waals surface area contributed by atoms with Crippen LogP contribution in [0.5, 0.6) is 0 Å². The molecule has 4 heteroatoms. The number of carbonyl (C=O) groups excluding carboxylic acids is 1. The Morgan fingerprint density at radius 2 is 2.15 bits per heavy atom. The number of allylic oxidation sites excluding steroid dienone is 1. The topological polar surface area (TPSA) is 59.3 Å². The molecule has 0 aliphatic rings. The van der Waals surface area contributed by atoms with Crippen molar-refractivity contribution < 1.29 is 14.7 Å². The summed E-state index contributed by atoms with van der Waals surface area (Å²) in [5.74, 6) is -1.43. The van der Waals surface area contributed by atoms with Crippen molar-refractivity contribution >= 4 is 11.8 Å². The van der Waals surface area contributed by atoms with Crippen LogP contribution in [0.2, 0.25) is 0 Å². The van der Waals surface area contributed by atoms with E-state index in [1.54, 1.807) is 29.9 Å². The molecule has 0 fully saturated rings. The zero-order chi connectivity index (χ0) is 9.84. The van der Waals surface area contributed by atoms with Crippen molar-refractivity contribution in [2.75, 3.05) is 0 Å². The van der Waals surface area contributed by atoms with Crippen molar-refractivity contribution in [3.8, 4) is 0 Å². The van der Waals surface area contributed by atoms with E-state index >= 15 is 0 Å². The number of carboxylic acids is 1. The van der Waals surface area contributed by atoms with Crippen molar-refractivity contribution in [1.29, 1.82) is 0 Å².